The largest absolute Gasteiger partial charge is 0.486 e. The van der Waals surface area contributed by atoms with Crippen molar-refractivity contribution in [3.05, 3.63) is 54.9 Å². The standard InChI is InChI=1S/C22H21FN6OS/c1-4-14(27-6-3)13-31-22-18(11-25)20(17(10-24)21(26)29-22)19-8-7-16(12-28-19)30-15(5-2)9-23/h4,6-8,12,15H,1,3,5,9,13H2,2H3,(H2,26,29). The van der Waals surface area contributed by atoms with Crippen LogP contribution in [0.2, 0.25) is 0 Å². The van der Waals surface area contributed by atoms with Crippen LogP contribution in [-0.4, -0.2) is 34.2 Å². The highest BCUT2D eigenvalue weighted by Crippen LogP contribution is 2.35. The number of nitrogen functional groups attached to an aromatic ring is 1. The first-order valence-electron chi connectivity index (χ1n) is 9.28. The predicted molar refractivity (Wildman–Crippen MR) is 121 cm³/mol. The minimum atomic E-state index is -0.612. The topological polar surface area (TPSA) is 121 Å². The molecule has 7 nitrogen and oxygen atoms in total. The Morgan fingerprint density at radius 1 is 1.35 bits per heavy atom. The van der Waals surface area contributed by atoms with Crippen LogP contribution in [-0.2, 0) is 0 Å². The number of halogens is 1. The van der Waals surface area contributed by atoms with Gasteiger partial charge >= 0.3 is 0 Å². The molecule has 2 aromatic rings. The van der Waals surface area contributed by atoms with Crippen molar-refractivity contribution in [2.24, 2.45) is 4.99 Å². The van der Waals surface area contributed by atoms with Crippen molar-refractivity contribution < 1.29 is 9.13 Å². The van der Waals surface area contributed by atoms with Gasteiger partial charge in [-0.15, -0.1) is 0 Å². The van der Waals surface area contributed by atoms with Crippen LogP contribution in [0.15, 0.2) is 53.8 Å². The van der Waals surface area contributed by atoms with Crippen LogP contribution in [0.1, 0.15) is 24.5 Å². The first kappa shape index (κ1) is 23.6. The molecule has 31 heavy (non-hydrogen) atoms. The molecular formula is C22H21FN6OS. The lowest BCUT2D eigenvalue weighted by atomic mass is 10.0. The van der Waals surface area contributed by atoms with E-state index in [1.165, 1.54) is 24.2 Å². The number of nitrogens with two attached hydrogens (primary N) is 1. The van der Waals surface area contributed by atoms with Crippen LogP contribution in [0.3, 0.4) is 0 Å². The number of aromatic nitrogens is 2. The highest BCUT2D eigenvalue weighted by Gasteiger charge is 2.22. The zero-order chi connectivity index (χ0) is 22.8. The van der Waals surface area contributed by atoms with Gasteiger partial charge in [-0.25, -0.2) is 9.37 Å². The van der Waals surface area contributed by atoms with Crippen LogP contribution in [0.4, 0.5) is 10.2 Å². The lowest BCUT2D eigenvalue weighted by molar-refractivity contribution is 0.160. The summed E-state index contributed by atoms with van der Waals surface area (Å²) in [6.07, 6.45) is 4.35. The van der Waals surface area contributed by atoms with Crippen LogP contribution in [0.25, 0.3) is 11.3 Å². The second-order valence-corrected chi connectivity index (χ2v) is 7.09. The van der Waals surface area contributed by atoms with Crippen LogP contribution in [0, 0.1) is 22.7 Å². The van der Waals surface area contributed by atoms with Gasteiger partial charge in [0.15, 0.2) is 0 Å². The number of hydrogen-bond donors (Lipinski definition) is 1. The fourth-order valence-corrected chi connectivity index (χ4v) is 3.51. The zero-order valence-corrected chi connectivity index (χ0v) is 17.8. The summed E-state index contributed by atoms with van der Waals surface area (Å²) in [4.78, 5) is 12.6. The van der Waals surface area contributed by atoms with E-state index in [-0.39, 0.29) is 22.5 Å². The first-order chi connectivity index (χ1) is 15.0. The summed E-state index contributed by atoms with van der Waals surface area (Å²) in [5.74, 6) is 0.757. The molecule has 1 atom stereocenters. The highest BCUT2D eigenvalue weighted by atomic mass is 32.2. The number of nitriles is 2. The molecule has 0 radical (unpaired) electrons. The van der Waals surface area contributed by atoms with E-state index in [9.17, 15) is 14.9 Å². The van der Waals surface area contributed by atoms with Gasteiger partial charge in [0.2, 0.25) is 0 Å². The molecule has 0 bridgehead atoms. The maximum atomic E-state index is 12.9. The fourth-order valence-electron chi connectivity index (χ4n) is 2.58. The Bertz CT molecular complexity index is 1070. The Labute approximate surface area is 184 Å². The second-order valence-electron chi connectivity index (χ2n) is 6.13. The predicted octanol–water partition coefficient (Wildman–Crippen LogP) is 4.46. The van der Waals surface area contributed by atoms with E-state index in [2.05, 4.69) is 34.2 Å². The van der Waals surface area contributed by atoms with Crippen molar-refractivity contribution in [3.63, 3.8) is 0 Å². The third-order valence-electron chi connectivity index (χ3n) is 4.19. The van der Waals surface area contributed by atoms with Gasteiger partial charge in [-0.1, -0.05) is 31.8 Å². The second kappa shape index (κ2) is 11.5. The number of allylic oxidation sites excluding steroid dienone is 1. The van der Waals surface area contributed by atoms with E-state index < -0.39 is 12.8 Å². The summed E-state index contributed by atoms with van der Waals surface area (Å²) < 4.78 is 18.4. The van der Waals surface area contributed by atoms with Crippen LogP contribution in [0.5, 0.6) is 5.75 Å². The molecule has 0 fully saturated rings. The van der Waals surface area contributed by atoms with Gasteiger partial charge in [0.25, 0.3) is 0 Å². The van der Waals surface area contributed by atoms with Crippen molar-refractivity contribution in [1.29, 1.82) is 10.5 Å². The summed E-state index contributed by atoms with van der Waals surface area (Å²) in [6, 6.07) is 7.32. The Balaban J connectivity index is 2.51. The molecule has 0 aliphatic heterocycles. The molecule has 0 aromatic carbocycles. The number of thioether (sulfide) groups is 1. The summed E-state index contributed by atoms with van der Waals surface area (Å²) in [7, 11) is 0. The highest BCUT2D eigenvalue weighted by molar-refractivity contribution is 8.00. The van der Waals surface area contributed by atoms with E-state index in [0.717, 1.165) is 0 Å². The Morgan fingerprint density at radius 3 is 2.61 bits per heavy atom. The van der Waals surface area contributed by atoms with Crippen LogP contribution < -0.4 is 10.5 Å². The summed E-state index contributed by atoms with van der Waals surface area (Å²) in [6.45, 7) is 8.46. The van der Waals surface area contributed by atoms with Crippen molar-refractivity contribution >= 4 is 23.3 Å². The first-order valence-corrected chi connectivity index (χ1v) is 10.3. The SMILES string of the molecule is C=CN=C(C=C)CSc1nc(N)c(C#N)c(-c2ccc(OC(CC)CF)cn2)c1C#N. The lowest BCUT2D eigenvalue weighted by Gasteiger charge is -2.15. The monoisotopic (exact) mass is 436 g/mol. The van der Waals surface area contributed by atoms with Gasteiger partial charge in [0.05, 0.1) is 23.2 Å². The third-order valence-corrected chi connectivity index (χ3v) is 5.20. The number of alkyl halides is 1. The number of ether oxygens (including phenoxy) is 1. The molecule has 0 saturated carbocycles. The molecule has 0 aliphatic rings. The van der Waals surface area contributed by atoms with Crippen LogP contribution >= 0.6 is 11.8 Å². The number of aliphatic imine (C=N–C) groups is 1. The average molecular weight is 437 g/mol. The van der Waals surface area contributed by atoms with Gasteiger partial charge in [0.1, 0.15) is 47.1 Å². The Morgan fingerprint density at radius 2 is 2.10 bits per heavy atom. The smallest absolute Gasteiger partial charge is 0.143 e. The molecule has 0 amide bonds. The molecule has 0 aliphatic carbocycles. The lowest BCUT2D eigenvalue weighted by Crippen LogP contribution is -2.17. The van der Waals surface area contributed by atoms with E-state index in [1.54, 1.807) is 18.2 Å². The summed E-state index contributed by atoms with van der Waals surface area (Å²) in [5, 5.41) is 19.8. The van der Waals surface area contributed by atoms with Gasteiger partial charge in [-0.2, -0.15) is 10.5 Å². The van der Waals surface area contributed by atoms with Crippen molar-refractivity contribution in [1.82, 2.24) is 9.97 Å². The van der Waals surface area contributed by atoms with E-state index in [1.807, 2.05) is 13.0 Å². The number of hydrogen-bond acceptors (Lipinski definition) is 8. The third kappa shape index (κ3) is 5.68. The van der Waals surface area contributed by atoms with E-state index in [4.69, 9.17) is 10.5 Å². The maximum Gasteiger partial charge on any atom is 0.143 e. The van der Waals surface area contributed by atoms with E-state index >= 15 is 0 Å². The Kier molecular flexibility index (Phi) is 8.74. The summed E-state index contributed by atoms with van der Waals surface area (Å²) in [5.41, 5.74) is 7.52. The van der Waals surface area contributed by atoms with Gasteiger partial charge in [-0.05, 0) is 24.6 Å². The minimum absolute atomic E-state index is 0.00887. The van der Waals surface area contributed by atoms with Gasteiger partial charge < -0.3 is 10.5 Å². The molecule has 0 spiro atoms. The molecule has 9 heteroatoms. The molecule has 0 saturated heterocycles. The minimum Gasteiger partial charge on any atom is -0.486 e. The number of rotatable bonds is 10. The fraction of sp³-hybridized carbons (Fsp3) is 0.227. The summed E-state index contributed by atoms with van der Waals surface area (Å²) >= 11 is 1.24. The average Bonchev–Trinajstić information content (AvgIpc) is 2.80. The Hall–Kier alpha value is -3.69. The maximum absolute atomic E-state index is 12.9. The van der Waals surface area contributed by atoms with Crippen molar-refractivity contribution in [3.8, 4) is 29.1 Å². The number of anilines is 1. The molecule has 2 N–H and O–H groups in total. The molecule has 158 valence electrons. The van der Waals surface area contributed by atoms with Crippen molar-refractivity contribution in [2.45, 2.75) is 24.5 Å². The normalized spacial score (nSPS) is 11.8. The number of nitrogens with zero attached hydrogens (tertiary/aromatic N) is 5. The van der Waals surface area contributed by atoms with Crippen molar-refractivity contribution in [2.75, 3.05) is 18.2 Å². The quantitative estimate of drug-likeness (QED) is 0.431. The zero-order valence-electron chi connectivity index (χ0n) is 17.0. The molecule has 1 unspecified atom stereocenters. The molecular weight excluding hydrogens is 415 g/mol. The molecule has 2 heterocycles. The number of pyridine rings is 2. The molecule has 2 rings (SSSR count). The van der Waals surface area contributed by atoms with E-state index in [0.29, 0.717) is 34.4 Å². The molecule has 2 aromatic heterocycles. The van der Waals surface area contributed by atoms with Gasteiger partial charge in [-0.3, -0.25) is 9.98 Å². The van der Waals surface area contributed by atoms with Gasteiger partial charge in [0, 0.05) is 17.5 Å².